The van der Waals surface area contributed by atoms with Crippen molar-refractivity contribution in [3.63, 3.8) is 0 Å². The van der Waals surface area contributed by atoms with E-state index in [4.69, 9.17) is 20.9 Å². The maximum atomic E-state index is 13.9. The SMILES string of the molecule is COC(=O)N1CC[C@H](c2cc(=O)[nH]o2)C[C@@H]1c1cc(F)c(Cl)c(F)c1. The summed E-state index contributed by atoms with van der Waals surface area (Å²) in [6, 6.07) is 2.88. The Morgan fingerprint density at radius 1 is 1.36 bits per heavy atom. The Balaban J connectivity index is 1.97. The predicted octanol–water partition coefficient (Wildman–Crippen LogP) is 3.59. The molecule has 2 aromatic rings. The van der Waals surface area contributed by atoms with Crippen LogP contribution in [0.15, 0.2) is 27.5 Å². The normalized spacial score (nSPS) is 20.6. The smallest absolute Gasteiger partial charge is 0.409 e. The minimum Gasteiger partial charge on any atom is -0.453 e. The number of rotatable bonds is 2. The molecule has 0 aliphatic carbocycles. The van der Waals surface area contributed by atoms with Crippen molar-refractivity contribution in [1.82, 2.24) is 10.1 Å². The number of hydrogen-bond acceptors (Lipinski definition) is 4. The molecule has 0 spiro atoms. The van der Waals surface area contributed by atoms with Crippen molar-refractivity contribution in [3.05, 3.63) is 56.5 Å². The highest BCUT2D eigenvalue weighted by Crippen LogP contribution is 2.40. The molecule has 2 heterocycles. The van der Waals surface area contributed by atoms with Crippen LogP contribution in [0.2, 0.25) is 5.02 Å². The van der Waals surface area contributed by atoms with E-state index in [0.29, 0.717) is 18.6 Å². The first-order chi connectivity index (χ1) is 11.9. The Morgan fingerprint density at radius 2 is 2.04 bits per heavy atom. The van der Waals surface area contributed by atoms with Crippen molar-refractivity contribution in [2.75, 3.05) is 13.7 Å². The molecule has 0 unspecified atom stereocenters. The molecular formula is C16H15ClF2N2O4. The van der Waals surface area contributed by atoms with E-state index < -0.39 is 28.8 Å². The van der Waals surface area contributed by atoms with Gasteiger partial charge in [0.25, 0.3) is 5.56 Å². The zero-order chi connectivity index (χ0) is 18.1. The van der Waals surface area contributed by atoms with E-state index in [1.54, 1.807) is 0 Å². The first kappa shape index (κ1) is 17.5. The second-order valence-electron chi connectivity index (χ2n) is 5.81. The van der Waals surface area contributed by atoms with Crippen molar-refractivity contribution >= 4 is 17.7 Å². The fourth-order valence-corrected chi connectivity index (χ4v) is 3.25. The molecule has 1 aromatic carbocycles. The number of methoxy groups -OCH3 is 1. The lowest BCUT2D eigenvalue weighted by atomic mass is 9.86. The van der Waals surface area contributed by atoms with Crippen LogP contribution in [0.3, 0.4) is 0 Å². The van der Waals surface area contributed by atoms with Gasteiger partial charge in [-0.25, -0.2) is 13.6 Å². The number of H-pyrrole nitrogens is 1. The average Bonchev–Trinajstić information content (AvgIpc) is 3.04. The minimum atomic E-state index is -0.906. The average molecular weight is 373 g/mol. The standard InChI is InChI=1S/C16H15ClF2N2O4/c1-24-16(23)21-3-2-8(13-7-14(22)20-25-13)6-12(21)9-4-10(18)15(17)11(19)5-9/h4-5,7-8,12H,2-3,6H2,1H3,(H,20,22)/t8-,12+/m0/s1. The number of carbonyl (C=O) groups excluding carboxylic acids is 1. The lowest BCUT2D eigenvalue weighted by molar-refractivity contribution is 0.0813. The van der Waals surface area contributed by atoms with E-state index in [1.165, 1.54) is 18.1 Å². The summed E-state index contributed by atoms with van der Waals surface area (Å²) < 4.78 is 37.6. The van der Waals surface area contributed by atoms with E-state index in [9.17, 15) is 18.4 Å². The van der Waals surface area contributed by atoms with Gasteiger partial charge in [-0.15, -0.1) is 0 Å². The number of hydrogen-bond donors (Lipinski definition) is 1. The number of nitrogens with one attached hydrogen (secondary N) is 1. The molecule has 0 bridgehead atoms. The van der Waals surface area contributed by atoms with E-state index in [1.807, 2.05) is 0 Å². The monoisotopic (exact) mass is 372 g/mol. The van der Waals surface area contributed by atoms with Crippen molar-refractivity contribution in [2.24, 2.45) is 0 Å². The molecule has 6 nitrogen and oxygen atoms in total. The molecular weight excluding hydrogens is 358 g/mol. The predicted molar refractivity (Wildman–Crippen MR) is 84.5 cm³/mol. The number of benzene rings is 1. The van der Waals surface area contributed by atoms with Gasteiger partial charge in [-0.2, -0.15) is 5.16 Å². The first-order valence-corrected chi connectivity index (χ1v) is 7.96. The van der Waals surface area contributed by atoms with Crippen LogP contribution in [0.25, 0.3) is 0 Å². The van der Waals surface area contributed by atoms with Crippen LogP contribution < -0.4 is 5.56 Å². The summed E-state index contributed by atoms with van der Waals surface area (Å²) in [5, 5.41) is 1.62. The number of halogens is 3. The highest BCUT2D eigenvalue weighted by molar-refractivity contribution is 6.30. The van der Waals surface area contributed by atoms with Gasteiger partial charge in [-0.05, 0) is 30.5 Å². The van der Waals surface area contributed by atoms with Gasteiger partial charge in [0.1, 0.15) is 22.4 Å². The Hall–Kier alpha value is -2.35. The van der Waals surface area contributed by atoms with Crippen LogP contribution in [-0.2, 0) is 4.74 Å². The van der Waals surface area contributed by atoms with Gasteiger partial charge in [0.15, 0.2) is 0 Å². The van der Waals surface area contributed by atoms with Crippen molar-refractivity contribution < 1.29 is 22.8 Å². The summed E-state index contributed by atoms with van der Waals surface area (Å²) in [6.45, 7) is 0.281. The minimum absolute atomic E-state index is 0.188. The number of ether oxygens (including phenoxy) is 1. The van der Waals surface area contributed by atoms with Gasteiger partial charge in [-0.3, -0.25) is 4.79 Å². The fraction of sp³-hybridized carbons (Fsp3) is 0.375. The Morgan fingerprint density at radius 3 is 2.60 bits per heavy atom. The second kappa shape index (κ2) is 6.87. The molecule has 1 aliphatic rings. The molecule has 0 saturated carbocycles. The molecule has 2 atom stereocenters. The molecule has 1 aromatic heterocycles. The Kier molecular flexibility index (Phi) is 4.80. The van der Waals surface area contributed by atoms with Crippen molar-refractivity contribution in [1.29, 1.82) is 0 Å². The Labute approximate surface area is 146 Å². The highest BCUT2D eigenvalue weighted by atomic mass is 35.5. The van der Waals surface area contributed by atoms with E-state index in [-0.39, 0.29) is 23.6 Å². The lowest BCUT2D eigenvalue weighted by Crippen LogP contribution is -2.40. The summed E-state index contributed by atoms with van der Waals surface area (Å²) >= 11 is 5.53. The van der Waals surface area contributed by atoms with Gasteiger partial charge in [0.2, 0.25) is 0 Å². The summed E-state index contributed by atoms with van der Waals surface area (Å²) in [5.41, 5.74) is -0.113. The third-order valence-electron chi connectivity index (χ3n) is 4.35. The number of carbonyl (C=O) groups is 1. The molecule has 1 amide bonds. The van der Waals surface area contributed by atoms with Crippen LogP contribution in [0.1, 0.15) is 36.1 Å². The zero-order valence-electron chi connectivity index (χ0n) is 13.2. The highest BCUT2D eigenvalue weighted by Gasteiger charge is 2.36. The van der Waals surface area contributed by atoms with Crippen LogP contribution in [-0.4, -0.2) is 29.8 Å². The number of nitrogens with zero attached hydrogens (tertiary/aromatic N) is 1. The molecule has 25 heavy (non-hydrogen) atoms. The number of aromatic amines is 1. The number of piperidine rings is 1. The fourth-order valence-electron chi connectivity index (χ4n) is 3.14. The maximum absolute atomic E-state index is 13.9. The largest absolute Gasteiger partial charge is 0.453 e. The van der Waals surface area contributed by atoms with Gasteiger partial charge in [-0.1, -0.05) is 11.6 Å². The number of aromatic nitrogens is 1. The quantitative estimate of drug-likeness (QED) is 0.817. The van der Waals surface area contributed by atoms with Crippen LogP contribution in [0, 0.1) is 11.6 Å². The number of likely N-dealkylation sites (tertiary alicyclic amines) is 1. The molecule has 134 valence electrons. The van der Waals surface area contributed by atoms with Gasteiger partial charge in [0.05, 0.1) is 13.2 Å². The lowest BCUT2D eigenvalue weighted by Gasteiger charge is -2.38. The van der Waals surface area contributed by atoms with Gasteiger partial charge in [0, 0.05) is 18.5 Å². The number of amides is 1. The van der Waals surface area contributed by atoms with Gasteiger partial charge < -0.3 is 14.2 Å². The van der Waals surface area contributed by atoms with E-state index in [0.717, 1.165) is 12.1 Å². The molecule has 3 rings (SSSR count). The van der Waals surface area contributed by atoms with Crippen molar-refractivity contribution in [2.45, 2.75) is 24.8 Å². The van der Waals surface area contributed by atoms with E-state index in [2.05, 4.69) is 5.16 Å². The molecule has 1 fully saturated rings. The summed E-state index contributed by atoms with van der Waals surface area (Å²) in [7, 11) is 1.24. The molecule has 1 N–H and O–H groups in total. The second-order valence-corrected chi connectivity index (χ2v) is 6.19. The molecule has 1 aliphatic heterocycles. The first-order valence-electron chi connectivity index (χ1n) is 7.58. The van der Waals surface area contributed by atoms with Crippen LogP contribution in [0.5, 0.6) is 0 Å². The van der Waals surface area contributed by atoms with Gasteiger partial charge >= 0.3 is 6.09 Å². The summed E-state index contributed by atoms with van der Waals surface area (Å²) in [5.74, 6) is -1.56. The third-order valence-corrected chi connectivity index (χ3v) is 4.71. The topological polar surface area (TPSA) is 75.5 Å². The molecule has 9 heteroatoms. The summed E-state index contributed by atoms with van der Waals surface area (Å²) in [6.07, 6.45) is 0.233. The Bertz CT molecular complexity index is 828. The molecule has 1 saturated heterocycles. The molecule has 0 radical (unpaired) electrons. The van der Waals surface area contributed by atoms with Crippen molar-refractivity contribution in [3.8, 4) is 0 Å². The van der Waals surface area contributed by atoms with Crippen LogP contribution >= 0.6 is 11.6 Å². The van der Waals surface area contributed by atoms with Crippen LogP contribution in [0.4, 0.5) is 13.6 Å². The maximum Gasteiger partial charge on any atom is 0.409 e. The van der Waals surface area contributed by atoms with E-state index >= 15 is 0 Å². The summed E-state index contributed by atoms with van der Waals surface area (Å²) in [4.78, 5) is 24.7. The zero-order valence-corrected chi connectivity index (χ0v) is 14.0. The third kappa shape index (κ3) is 3.39.